The molecule has 9 nitrogen and oxygen atoms in total. The van der Waals surface area contributed by atoms with E-state index in [-0.39, 0.29) is 24.2 Å². The van der Waals surface area contributed by atoms with E-state index in [1.54, 1.807) is 39.2 Å². The lowest BCUT2D eigenvalue weighted by molar-refractivity contribution is -0.137. The predicted molar refractivity (Wildman–Crippen MR) is 165 cm³/mol. The van der Waals surface area contributed by atoms with Gasteiger partial charge in [-0.15, -0.1) is 0 Å². The van der Waals surface area contributed by atoms with Crippen LogP contribution in [0.3, 0.4) is 0 Å². The molecule has 3 heterocycles. The summed E-state index contributed by atoms with van der Waals surface area (Å²) in [5.41, 5.74) is 1.87. The van der Waals surface area contributed by atoms with E-state index in [1.807, 2.05) is 18.2 Å². The highest BCUT2D eigenvalue weighted by Crippen LogP contribution is 2.41. The molecule has 1 saturated heterocycles. The summed E-state index contributed by atoms with van der Waals surface area (Å²) in [5, 5.41) is 8.74. The molecule has 1 aromatic heterocycles. The molecule has 0 spiro atoms. The minimum absolute atomic E-state index is 0.00988. The van der Waals surface area contributed by atoms with E-state index in [0.29, 0.717) is 28.7 Å². The smallest absolute Gasteiger partial charge is 0.421 e. The Bertz CT molecular complexity index is 1560. The Labute approximate surface area is 255 Å². The van der Waals surface area contributed by atoms with Crippen LogP contribution in [0.4, 0.5) is 42.0 Å². The number of aromatic nitrogens is 2. The number of anilines is 5. The number of ether oxygens (including phenoxy) is 1. The van der Waals surface area contributed by atoms with Crippen molar-refractivity contribution >= 4 is 34.7 Å². The summed E-state index contributed by atoms with van der Waals surface area (Å²) in [7, 11) is 1.56. The topological polar surface area (TPSA) is 94.7 Å². The number of amides is 1. The van der Waals surface area contributed by atoms with Gasteiger partial charge in [0.1, 0.15) is 17.1 Å². The van der Waals surface area contributed by atoms with Gasteiger partial charge in [0.05, 0.1) is 18.2 Å². The Hall–Kier alpha value is -4.06. The van der Waals surface area contributed by atoms with Crippen LogP contribution in [0.25, 0.3) is 0 Å². The van der Waals surface area contributed by atoms with E-state index >= 15 is 0 Å². The Morgan fingerprint density at radius 1 is 1.16 bits per heavy atom. The van der Waals surface area contributed by atoms with Crippen LogP contribution in [-0.2, 0) is 22.9 Å². The van der Waals surface area contributed by atoms with Gasteiger partial charge >= 0.3 is 6.18 Å². The van der Waals surface area contributed by atoms with Crippen LogP contribution in [0.15, 0.2) is 42.6 Å². The maximum absolute atomic E-state index is 14.0. The van der Waals surface area contributed by atoms with Crippen molar-refractivity contribution in [2.24, 2.45) is 5.92 Å². The molecule has 6 rings (SSSR count). The minimum Gasteiger partial charge on any atom is -0.494 e. The SMILES string of the molecule is COc1cc(N2CCN(CC3CC3)[C@H](C)C2)ccc1Nc1ncc(C(F)(F)F)c(NCc2cccc3c2C(C)(C)C(=O)N3)n1. The quantitative estimate of drug-likeness (QED) is 0.272. The third-order valence-corrected chi connectivity index (χ3v) is 8.88. The highest BCUT2D eigenvalue weighted by atomic mass is 19.4. The molecule has 2 fully saturated rings. The molecule has 0 unspecified atom stereocenters. The molecular weight excluding hydrogens is 571 g/mol. The van der Waals surface area contributed by atoms with Gasteiger partial charge in [0.25, 0.3) is 0 Å². The molecule has 44 heavy (non-hydrogen) atoms. The van der Waals surface area contributed by atoms with Crippen LogP contribution in [0, 0.1) is 5.92 Å². The first-order valence-electron chi connectivity index (χ1n) is 15.0. The maximum Gasteiger partial charge on any atom is 0.421 e. The monoisotopic (exact) mass is 609 g/mol. The number of methoxy groups -OCH3 is 1. The van der Waals surface area contributed by atoms with Crippen LogP contribution in [-0.4, -0.2) is 60.1 Å². The number of nitrogens with one attached hydrogen (secondary N) is 3. The van der Waals surface area contributed by atoms with Crippen molar-refractivity contribution in [3.8, 4) is 5.75 Å². The van der Waals surface area contributed by atoms with Gasteiger partial charge in [0, 0.05) is 62.4 Å². The van der Waals surface area contributed by atoms with E-state index in [2.05, 4.69) is 42.6 Å². The summed E-state index contributed by atoms with van der Waals surface area (Å²) in [6, 6.07) is 11.5. The highest BCUT2D eigenvalue weighted by molar-refractivity contribution is 6.06. The zero-order valence-corrected chi connectivity index (χ0v) is 25.4. The average Bonchev–Trinajstić information content (AvgIpc) is 3.77. The molecule has 2 aliphatic heterocycles. The van der Waals surface area contributed by atoms with Crippen LogP contribution in [0.5, 0.6) is 5.75 Å². The molecule has 0 bridgehead atoms. The first kappa shape index (κ1) is 30.0. The van der Waals surface area contributed by atoms with Crippen molar-refractivity contribution in [1.29, 1.82) is 0 Å². The van der Waals surface area contributed by atoms with Gasteiger partial charge in [-0.25, -0.2) is 4.98 Å². The Kier molecular flexibility index (Phi) is 7.81. The summed E-state index contributed by atoms with van der Waals surface area (Å²) in [5.74, 6) is 0.856. The van der Waals surface area contributed by atoms with Gasteiger partial charge in [-0.3, -0.25) is 9.69 Å². The molecule has 2 aromatic carbocycles. The predicted octanol–water partition coefficient (Wildman–Crippen LogP) is 6.01. The van der Waals surface area contributed by atoms with Gasteiger partial charge in [-0.2, -0.15) is 18.2 Å². The normalized spacial score (nSPS) is 19.8. The number of hydrogen-bond acceptors (Lipinski definition) is 8. The minimum atomic E-state index is -4.67. The molecule has 3 aromatic rings. The Morgan fingerprint density at radius 3 is 2.66 bits per heavy atom. The number of nitrogens with zero attached hydrogens (tertiary/aromatic N) is 4. The Balaban J connectivity index is 1.20. The molecule has 3 N–H and O–H groups in total. The fraction of sp³-hybridized carbons (Fsp3) is 0.469. The largest absolute Gasteiger partial charge is 0.494 e. The molecule has 1 aliphatic carbocycles. The fourth-order valence-electron chi connectivity index (χ4n) is 6.18. The lowest BCUT2D eigenvalue weighted by atomic mass is 9.83. The summed E-state index contributed by atoms with van der Waals surface area (Å²) < 4.78 is 47.5. The molecule has 1 saturated carbocycles. The van der Waals surface area contributed by atoms with Crippen LogP contribution < -0.4 is 25.6 Å². The molecule has 12 heteroatoms. The van der Waals surface area contributed by atoms with Crippen molar-refractivity contribution in [3.05, 3.63) is 59.3 Å². The second kappa shape index (κ2) is 11.5. The van der Waals surface area contributed by atoms with Crippen LogP contribution in [0.2, 0.25) is 0 Å². The summed E-state index contributed by atoms with van der Waals surface area (Å²) in [6.07, 6.45) is -1.22. The Morgan fingerprint density at radius 2 is 1.95 bits per heavy atom. The van der Waals surface area contributed by atoms with Crippen molar-refractivity contribution in [3.63, 3.8) is 0 Å². The number of fused-ring (bicyclic) bond motifs is 1. The van der Waals surface area contributed by atoms with E-state index in [9.17, 15) is 18.0 Å². The number of rotatable bonds is 9. The van der Waals surface area contributed by atoms with Gasteiger partial charge < -0.3 is 25.6 Å². The third-order valence-electron chi connectivity index (χ3n) is 8.88. The van der Waals surface area contributed by atoms with Gasteiger partial charge in [-0.05, 0) is 68.9 Å². The maximum atomic E-state index is 14.0. The van der Waals surface area contributed by atoms with E-state index in [1.165, 1.54) is 19.4 Å². The van der Waals surface area contributed by atoms with Crippen molar-refractivity contribution in [1.82, 2.24) is 14.9 Å². The molecular formula is C32H38F3N7O2. The number of halogens is 3. The number of alkyl halides is 3. The second-order valence-corrected chi connectivity index (χ2v) is 12.5. The second-order valence-electron chi connectivity index (χ2n) is 12.5. The van der Waals surface area contributed by atoms with E-state index in [0.717, 1.165) is 43.0 Å². The molecule has 1 atom stereocenters. The molecule has 234 valence electrons. The standard InChI is InChI=1S/C32H38F3N7O2/c1-19-17-42(13-12-41(19)18-20-8-9-20)22-10-11-24(26(14-22)44-4)39-30-37-16-23(32(33,34)35)28(40-30)36-15-21-6-5-7-25-27(21)31(2,3)29(43)38-25/h5-7,10-11,14,16,19-20H,8-9,12-13,15,17-18H2,1-4H3,(H,38,43)(H2,36,37,39,40)/t19-/m1/s1. The number of hydrogen-bond donors (Lipinski definition) is 3. The van der Waals surface area contributed by atoms with Gasteiger partial charge in [0.15, 0.2) is 0 Å². The fourth-order valence-corrected chi connectivity index (χ4v) is 6.18. The van der Waals surface area contributed by atoms with Crippen LogP contribution in [0.1, 0.15) is 50.3 Å². The van der Waals surface area contributed by atoms with E-state index in [4.69, 9.17) is 4.74 Å². The lowest BCUT2D eigenvalue weighted by Crippen LogP contribution is -2.52. The number of carbonyl (C=O) groups excluding carboxylic acids is 1. The number of piperazine rings is 1. The van der Waals surface area contributed by atoms with Crippen molar-refractivity contribution in [2.45, 2.75) is 57.8 Å². The van der Waals surface area contributed by atoms with Gasteiger partial charge in [-0.1, -0.05) is 12.1 Å². The summed E-state index contributed by atoms with van der Waals surface area (Å²) in [6.45, 7) is 9.88. The average molecular weight is 610 g/mol. The summed E-state index contributed by atoms with van der Waals surface area (Å²) >= 11 is 0. The number of benzene rings is 2. The van der Waals surface area contributed by atoms with Crippen LogP contribution >= 0.6 is 0 Å². The van der Waals surface area contributed by atoms with Crippen molar-refractivity contribution in [2.75, 3.05) is 54.1 Å². The first-order valence-corrected chi connectivity index (χ1v) is 15.0. The van der Waals surface area contributed by atoms with Gasteiger partial charge in [0.2, 0.25) is 11.9 Å². The lowest BCUT2D eigenvalue weighted by Gasteiger charge is -2.41. The molecule has 1 amide bonds. The third kappa shape index (κ3) is 5.99. The van der Waals surface area contributed by atoms with Crippen molar-refractivity contribution < 1.29 is 22.7 Å². The zero-order valence-electron chi connectivity index (χ0n) is 25.4. The zero-order chi connectivity index (χ0) is 31.2. The summed E-state index contributed by atoms with van der Waals surface area (Å²) in [4.78, 5) is 25.6. The highest BCUT2D eigenvalue weighted by Gasteiger charge is 2.40. The van der Waals surface area contributed by atoms with E-state index < -0.39 is 17.2 Å². The molecule has 0 radical (unpaired) electrons. The number of carbonyl (C=O) groups is 1. The first-order chi connectivity index (χ1) is 20.9. The molecule has 3 aliphatic rings.